The molecule has 21 heavy (non-hydrogen) atoms. The molecule has 1 saturated heterocycles. The Morgan fingerprint density at radius 2 is 2.00 bits per heavy atom. The van der Waals surface area contributed by atoms with Crippen LogP contribution in [-0.4, -0.2) is 34.8 Å². The van der Waals surface area contributed by atoms with Gasteiger partial charge in [0.05, 0.1) is 6.10 Å². The second kappa shape index (κ2) is 6.48. The van der Waals surface area contributed by atoms with E-state index in [9.17, 15) is 9.90 Å². The lowest BCUT2D eigenvalue weighted by Gasteiger charge is -2.36. The first-order valence-corrected chi connectivity index (χ1v) is 7.58. The standard InChI is InChI=1S/C17H25NO3/c1-17(2,3)21-16(20)18-11-7-10-14(12-18)15(19)13-8-5-4-6-9-13/h4-6,8-9,14-15,19H,7,10-12H2,1-3H3/t14-,15-/m0/s1. The van der Waals surface area contributed by atoms with Crippen molar-refractivity contribution in [1.82, 2.24) is 4.90 Å². The Balaban J connectivity index is 1.99. The molecule has 1 N–H and O–H groups in total. The van der Waals surface area contributed by atoms with Crippen molar-refractivity contribution in [3.63, 3.8) is 0 Å². The first-order valence-electron chi connectivity index (χ1n) is 7.58. The summed E-state index contributed by atoms with van der Waals surface area (Å²) in [5.41, 5.74) is 0.427. The lowest BCUT2D eigenvalue weighted by molar-refractivity contribution is 0.00239. The Hall–Kier alpha value is -1.55. The molecular formula is C17H25NO3. The predicted octanol–water partition coefficient (Wildman–Crippen LogP) is 3.37. The van der Waals surface area contributed by atoms with E-state index in [2.05, 4.69) is 0 Å². The van der Waals surface area contributed by atoms with Crippen LogP contribution in [0.5, 0.6) is 0 Å². The molecule has 1 aliphatic rings. The summed E-state index contributed by atoms with van der Waals surface area (Å²) in [6.07, 6.45) is 1.01. The van der Waals surface area contributed by atoms with Crippen molar-refractivity contribution in [3.05, 3.63) is 35.9 Å². The van der Waals surface area contributed by atoms with Gasteiger partial charge in [-0.3, -0.25) is 0 Å². The van der Waals surface area contributed by atoms with Gasteiger partial charge in [0.15, 0.2) is 0 Å². The lowest BCUT2D eigenvalue weighted by atomic mass is 9.89. The maximum atomic E-state index is 12.1. The van der Waals surface area contributed by atoms with Crippen molar-refractivity contribution >= 4 is 6.09 Å². The zero-order valence-corrected chi connectivity index (χ0v) is 13.1. The minimum Gasteiger partial charge on any atom is -0.444 e. The molecular weight excluding hydrogens is 266 g/mol. The molecule has 4 nitrogen and oxygen atoms in total. The van der Waals surface area contributed by atoms with Crippen molar-refractivity contribution in [2.24, 2.45) is 5.92 Å². The zero-order chi connectivity index (χ0) is 15.5. The lowest BCUT2D eigenvalue weighted by Crippen LogP contribution is -2.44. The Labute approximate surface area is 126 Å². The molecule has 1 amide bonds. The summed E-state index contributed by atoms with van der Waals surface area (Å²) < 4.78 is 5.42. The summed E-state index contributed by atoms with van der Waals surface area (Å²) in [7, 11) is 0. The van der Waals surface area contributed by atoms with E-state index in [-0.39, 0.29) is 12.0 Å². The molecule has 4 heteroatoms. The largest absolute Gasteiger partial charge is 0.444 e. The number of hydrogen-bond acceptors (Lipinski definition) is 3. The SMILES string of the molecule is CC(C)(C)OC(=O)N1CCC[C@H]([C@@H](O)c2ccccc2)C1. The predicted molar refractivity (Wildman–Crippen MR) is 81.9 cm³/mol. The fourth-order valence-corrected chi connectivity index (χ4v) is 2.68. The quantitative estimate of drug-likeness (QED) is 0.909. The van der Waals surface area contributed by atoms with Crippen molar-refractivity contribution in [2.75, 3.05) is 13.1 Å². The number of aliphatic hydroxyl groups is 1. The molecule has 0 bridgehead atoms. The van der Waals surface area contributed by atoms with Crippen LogP contribution in [0.1, 0.15) is 45.3 Å². The highest BCUT2D eigenvalue weighted by Gasteiger charge is 2.31. The van der Waals surface area contributed by atoms with Gasteiger partial charge in [0.2, 0.25) is 0 Å². The topological polar surface area (TPSA) is 49.8 Å². The first-order chi connectivity index (χ1) is 9.87. The molecule has 0 aromatic heterocycles. The molecule has 116 valence electrons. The van der Waals surface area contributed by atoms with Gasteiger partial charge in [-0.2, -0.15) is 0 Å². The van der Waals surface area contributed by atoms with E-state index in [1.165, 1.54) is 0 Å². The minimum absolute atomic E-state index is 0.0636. The number of amides is 1. The van der Waals surface area contributed by atoms with Crippen LogP contribution in [0.25, 0.3) is 0 Å². The summed E-state index contributed by atoms with van der Waals surface area (Å²) >= 11 is 0. The Kier molecular flexibility index (Phi) is 4.88. The van der Waals surface area contributed by atoms with E-state index >= 15 is 0 Å². The first kappa shape index (κ1) is 15.8. The molecule has 1 aromatic rings. The molecule has 1 heterocycles. The molecule has 1 aromatic carbocycles. The number of piperidine rings is 1. The van der Waals surface area contributed by atoms with E-state index in [0.717, 1.165) is 18.4 Å². The Morgan fingerprint density at radius 1 is 1.33 bits per heavy atom. The van der Waals surface area contributed by atoms with E-state index < -0.39 is 11.7 Å². The number of nitrogens with zero attached hydrogens (tertiary/aromatic N) is 1. The molecule has 2 rings (SSSR count). The van der Waals surface area contributed by atoms with Gasteiger partial charge in [-0.1, -0.05) is 30.3 Å². The van der Waals surface area contributed by atoms with Crippen molar-refractivity contribution < 1.29 is 14.6 Å². The van der Waals surface area contributed by atoms with Crippen LogP contribution in [0.4, 0.5) is 4.79 Å². The van der Waals surface area contributed by atoms with Crippen molar-refractivity contribution in [3.8, 4) is 0 Å². The molecule has 0 radical (unpaired) electrons. The third kappa shape index (κ3) is 4.46. The number of carbonyl (C=O) groups excluding carboxylic acids is 1. The molecule has 1 aliphatic heterocycles. The number of rotatable bonds is 2. The van der Waals surface area contributed by atoms with Gasteiger partial charge in [0.1, 0.15) is 5.60 Å². The molecule has 2 atom stereocenters. The molecule has 0 saturated carbocycles. The highest BCUT2D eigenvalue weighted by Crippen LogP contribution is 2.30. The fourth-order valence-electron chi connectivity index (χ4n) is 2.68. The van der Waals surface area contributed by atoms with Crippen LogP contribution < -0.4 is 0 Å². The third-order valence-electron chi connectivity index (χ3n) is 3.70. The second-order valence-electron chi connectivity index (χ2n) is 6.68. The highest BCUT2D eigenvalue weighted by atomic mass is 16.6. The monoisotopic (exact) mass is 291 g/mol. The number of likely N-dealkylation sites (tertiary alicyclic amines) is 1. The normalized spacial score (nSPS) is 21.0. The van der Waals surface area contributed by atoms with Gasteiger partial charge in [0, 0.05) is 19.0 Å². The molecule has 0 unspecified atom stereocenters. The average molecular weight is 291 g/mol. The molecule has 0 spiro atoms. The minimum atomic E-state index is -0.531. The summed E-state index contributed by atoms with van der Waals surface area (Å²) in [5, 5.41) is 10.5. The van der Waals surface area contributed by atoms with Gasteiger partial charge < -0.3 is 14.7 Å². The van der Waals surface area contributed by atoms with E-state index in [1.54, 1.807) is 4.90 Å². The van der Waals surface area contributed by atoms with Gasteiger partial charge >= 0.3 is 6.09 Å². The van der Waals surface area contributed by atoms with Crippen LogP contribution in [0, 0.1) is 5.92 Å². The van der Waals surface area contributed by atoms with E-state index in [4.69, 9.17) is 4.74 Å². The number of benzene rings is 1. The van der Waals surface area contributed by atoms with Crippen LogP contribution >= 0.6 is 0 Å². The summed E-state index contributed by atoms with van der Waals surface area (Å²) in [6, 6.07) is 9.64. The van der Waals surface area contributed by atoms with E-state index in [1.807, 2.05) is 51.1 Å². The Bertz CT molecular complexity index is 467. The van der Waals surface area contributed by atoms with Crippen LogP contribution in [-0.2, 0) is 4.74 Å². The van der Waals surface area contributed by atoms with Crippen molar-refractivity contribution in [1.29, 1.82) is 0 Å². The zero-order valence-electron chi connectivity index (χ0n) is 13.1. The summed E-state index contributed by atoms with van der Waals surface area (Å²) in [6.45, 7) is 6.85. The summed E-state index contributed by atoms with van der Waals surface area (Å²) in [5.74, 6) is 0.0636. The highest BCUT2D eigenvalue weighted by molar-refractivity contribution is 5.68. The maximum Gasteiger partial charge on any atom is 0.410 e. The second-order valence-corrected chi connectivity index (χ2v) is 6.68. The van der Waals surface area contributed by atoms with Crippen LogP contribution in [0.3, 0.4) is 0 Å². The average Bonchev–Trinajstić information content (AvgIpc) is 2.46. The van der Waals surface area contributed by atoms with Gasteiger partial charge in [-0.15, -0.1) is 0 Å². The number of hydrogen-bond donors (Lipinski definition) is 1. The van der Waals surface area contributed by atoms with Gasteiger partial charge in [-0.05, 0) is 39.2 Å². The van der Waals surface area contributed by atoms with Gasteiger partial charge in [-0.25, -0.2) is 4.79 Å². The summed E-state index contributed by atoms with van der Waals surface area (Å²) in [4.78, 5) is 13.9. The number of carbonyl (C=O) groups is 1. The fraction of sp³-hybridized carbons (Fsp3) is 0.588. The number of ether oxygens (including phenoxy) is 1. The van der Waals surface area contributed by atoms with Gasteiger partial charge in [0.25, 0.3) is 0 Å². The van der Waals surface area contributed by atoms with Crippen molar-refractivity contribution in [2.45, 2.75) is 45.3 Å². The van der Waals surface area contributed by atoms with E-state index in [0.29, 0.717) is 13.1 Å². The molecule has 1 fully saturated rings. The van der Waals surface area contributed by atoms with Crippen LogP contribution in [0.2, 0.25) is 0 Å². The Morgan fingerprint density at radius 3 is 2.62 bits per heavy atom. The maximum absolute atomic E-state index is 12.1. The smallest absolute Gasteiger partial charge is 0.410 e. The van der Waals surface area contributed by atoms with Crippen LogP contribution in [0.15, 0.2) is 30.3 Å². The third-order valence-corrected chi connectivity index (χ3v) is 3.70. The molecule has 0 aliphatic carbocycles. The number of aliphatic hydroxyl groups excluding tert-OH is 1.